The van der Waals surface area contributed by atoms with Crippen LogP contribution in [0, 0.1) is 5.82 Å². The Hall–Kier alpha value is -3.18. The van der Waals surface area contributed by atoms with Gasteiger partial charge in [0.1, 0.15) is 11.7 Å². The summed E-state index contributed by atoms with van der Waals surface area (Å²) in [6.45, 7) is 4.01. The van der Waals surface area contributed by atoms with Gasteiger partial charge in [0.05, 0.1) is 11.2 Å². The minimum Gasteiger partial charge on any atom is -0.372 e. The van der Waals surface area contributed by atoms with Crippen LogP contribution >= 0.6 is 11.6 Å². The first-order chi connectivity index (χ1) is 13.5. The van der Waals surface area contributed by atoms with Gasteiger partial charge in [-0.2, -0.15) is 0 Å². The molecule has 0 aliphatic carbocycles. The van der Waals surface area contributed by atoms with Crippen molar-refractivity contribution in [1.29, 1.82) is 0 Å². The normalized spacial score (nSPS) is 12.1. The van der Waals surface area contributed by atoms with E-state index in [0.717, 1.165) is 16.6 Å². The van der Waals surface area contributed by atoms with Gasteiger partial charge in [0.25, 0.3) is 0 Å². The molecule has 0 fully saturated rings. The molecule has 6 heteroatoms. The van der Waals surface area contributed by atoms with Gasteiger partial charge in [0.15, 0.2) is 0 Å². The number of para-hydroxylation sites is 1. The van der Waals surface area contributed by atoms with Crippen molar-refractivity contribution in [3.8, 4) is 0 Å². The molecule has 3 rings (SSSR count). The van der Waals surface area contributed by atoms with Crippen LogP contribution in [0.5, 0.6) is 0 Å². The summed E-state index contributed by atoms with van der Waals surface area (Å²) < 4.78 is 14.2. The molecule has 0 bridgehead atoms. The second-order valence-corrected chi connectivity index (χ2v) is 6.47. The highest BCUT2D eigenvalue weighted by Crippen LogP contribution is 2.26. The fourth-order valence-corrected chi connectivity index (χ4v) is 3.05. The molecule has 0 saturated heterocycles. The number of likely N-dealkylation sites (N-methyl/N-ethyl adjacent to an activating group) is 1. The zero-order valence-electron chi connectivity index (χ0n) is 15.6. The van der Waals surface area contributed by atoms with Crippen molar-refractivity contribution in [2.75, 3.05) is 19.4 Å². The lowest BCUT2D eigenvalue weighted by Gasteiger charge is -2.16. The molecule has 0 aliphatic heterocycles. The van der Waals surface area contributed by atoms with E-state index in [9.17, 15) is 4.39 Å². The number of nitrogens with zero attached hydrogens (tertiary/aromatic N) is 2. The second-order valence-electron chi connectivity index (χ2n) is 6.03. The summed E-state index contributed by atoms with van der Waals surface area (Å²) in [5, 5.41) is 7.82. The molecule has 0 saturated carbocycles. The minimum absolute atomic E-state index is 0.331. The number of hydrogen-bond donors (Lipinski definition) is 2. The summed E-state index contributed by atoms with van der Waals surface area (Å²) in [7, 11) is 3.44. The largest absolute Gasteiger partial charge is 0.372 e. The standard InChI is InChI=1S/C22H20ClFN4/c1-14(17-13-15(23)8-9-18(17)24)12-21(22(25-2)26-3)28-20-10-11-27-19-7-5-4-6-16(19)20/h4-13H,1H2,2-3H3,(H,25,26)(H,27,28)/b21-12+. The summed E-state index contributed by atoms with van der Waals surface area (Å²) in [5.74, 6) is 0.211. The highest BCUT2D eigenvalue weighted by Gasteiger charge is 2.12. The van der Waals surface area contributed by atoms with Crippen molar-refractivity contribution in [1.82, 2.24) is 10.3 Å². The van der Waals surface area contributed by atoms with E-state index in [2.05, 4.69) is 27.2 Å². The third-order valence-corrected chi connectivity index (χ3v) is 4.46. The lowest BCUT2D eigenvalue weighted by Crippen LogP contribution is -2.25. The van der Waals surface area contributed by atoms with Crippen LogP contribution in [0.4, 0.5) is 10.1 Å². The first-order valence-corrected chi connectivity index (χ1v) is 9.03. The lowest BCUT2D eigenvalue weighted by molar-refractivity contribution is 0.624. The average Bonchev–Trinajstić information content (AvgIpc) is 2.71. The Morgan fingerprint density at radius 3 is 2.75 bits per heavy atom. The molecule has 0 unspecified atom stereocenters. The van der Waals surface area contributed by atoms with E-state index in [1.807, 2.05) is 30.3 Å². The molecule has 1 aromatic heterocycles. The number of hydrogen-bond acceptors (Lipinski definition) is 3. The fraction of sp³-hybridized carbons (Fsp3) is 0.0909. The van der Waals surface area contributed by atoms with Gasteiger partial charge in [-0.15, -0.1) is 0 Å². The molecule has 0 aliphatic rings. The zero-order valence-corrected chi connectivity index (χ0v) is 16.4. The van der Waals surface area contributed by atoms with Crippen molar-refractivity contribution in [3.63, 3.8) is 0 Å². The molecule has 2 aromatic carbocycles. The number of nitrogens with one attached hydrogen (secondary N) is 2. The highest BCUT2D eigenvalue weighted by atomic mass is 35.5. The van der Waals surface area contributed by atoms with Crippen LogP contribution in [0.1, 0.15) is 5.56 Å². The van der Waals surface area contributed by atoms with Gasteiger partial charge in [-0.05, 0) is 42.0 Å². The molecular formula is C22H20ClFN4. The van der Waals surface area contributed by atoms with E-state index >= 15 is 0 Å². The lowest BCUT2D eigenvalue weighted by atomic mass is 10.1. The predicted octanol–water partition coefficient (Wildman–Crippen LogP) is 5.28. The smallest absolute Gasteiger partial charge is 0.144 e. The third-order valence-electron chi connectivity index (χ3n) is 4.23. The van der Waals surface area contributed by atoms with Crippen LogP contribution in [0.25, 0.3) is 16.5 Å². The summed E-state index contributed by atoms with van der Waals surface area (Å²) in [6.07, 6.45) is 3.47. The van der Waals surface area contributed by atoms with Crippen LogP contribution in [0.2, 0.25) is 5.02 Å². The molecule has 0 radical (unpaired) electrons. The van der Waals surface area contributed by atoms with Crippen molar-refractivity contribution < 1.29 is 4.39 Å². The van der Waals surface area contributed by atoms with Gasteiger partial charge in [-0.25, -0.2) is 4.39 Å². The van der Waals surface area contributed by atoms with E-state index in [1.54, 1.807) is 32.4 Å². The number of benzene rings is 2. The first kappa shape index (κ1) is 19.6. The van der Waals surface area contributed by atoms with Crippen molar-refractivity contribution in [3.05, 3.63) is 89.5 Å². The quantitative estimate of drug-likeness (QED) is 0.351. The molecule has 28 heavy (non-hydrogen) atoms. The number of pyridine rings is 1. The summed E-state index contributed by atoms with van der Waals surface area (Å²) in [5.41, 5.74) is 3.17. The van der Waals surface area contributed by atoms with Gasteiger partial charge in [0.2, 0.25) is 0 Å². The molecule has 0 atom stereocenters. The average molecular weight is 395 g/mol. The van der Waals surface area contributed by atoms with Crippen LogP contribution in [0.15, 0.2) is 78.1 Å². The molecule has 1 heterocycles. The number of halogens is 2. The van der Waals surface area contributed by atoms with Gasteiger partial charge < -0.3 is 10.6 Å². The monoisotopic (exact) mass is 394 g/mol. The molecule has 2 N–H and O–H groups in total. The van der Waals surface area contributed by atoms with Crippen molar-refractivity contribution >= 4 is 39.6 Å². The Morgan fingerprint density at radius 1 is 1.21 bits per heavy atom. The van der Waals surface area contributed by atoms with E-state index in [1.165, 1.54) is 12.1 Å². The Morgan fingerprint density at radius 2 is 2.00 bits per heavy atom. The molecular weight excluding hydrogens is 375 g/mol. The number of aliphatic imine (C=N–C) groups is 1. The SMILES string of the molecule is C=C(/C=C(/Nc1ccnc2ccccc12)C(=NC)NC)c1cc(Cl)ccc1F. The maximum atomic E-state index is 14.2. The number of aromatic nitrogens is 1. The van der Waals surface area contributed by atoms with E-state index < -0.39 is 0 Å². The molecule has 0 spiro atoms. The van der Waals surface area contributed by atoms with Crippen molar-refractivity contribution in [2.45, 2.75) is 0 Å². The molecule has 0 amide bonds. The Bertz CT molecular complexity index is 1080. The fourth-order valence-electron chi connectivity index (χ4n) is 2.88. The summed E-state index contributed by atoms with van der Waals surface area (Å²) in [4.78, 5) is 8.65. The van der Waals surface area contributed by atoms with E-state index in [-0.39, 0.29) is 5.82 Å². The Balaban J connectivity index is 2.05. The minimum atomic E-state index is -0.390. The van der Waals surface area contributed by atoms with Crippen LogP contribution in [0.3, 0.4) is 0 Å². The first-order valence-electron chi connectivity index (χ1n) is 8.65. The van der Waals surface area contributed by atoms with E-state index in [4.69, 9.17) is 11.6 Å². The second kappa shape index (κ2) is 8.67. The highest BCUT2D eigenvalue weighted by molar-refractivity contribution is 6.30. The Kier molecular flexibility index (Phi) is 6.06. The topological polar surface area (TPSA) is 49.3 Å². The summed E-state index contributed by atoms with van der Waals surface area (Å²) >= 11 is 6.02. The number of rotatable bonds is 5. The number of anilines is 1. The van der Waals surface area contributed by atoms with Crippen LogP contribution in [-0.2, 0) is 0 Å². The molecule has 4 nitrogen and oxygen atoms in total. The zero-order chi connectivity index (χ0) is 20.1. The van der Waals surface area contributed by atoms with E-state index in [0.29, 0.717) is 27.7 Å². The van der Waals surface area contributed by atoms with Crippen LogP contribution < -0.4 is 10.6 Å². The van der Waals surface area contributed by atoms with Gasteiger partial charge in [0, 0.05) is 42.0 Å². The third kappa shape index (κ3) is 4.21. The maximum Gasteiger partial charge on any atom is 0.144 e. The molecule has 3 aromatic rings. The van der Waals surface area contributed by atoms with Gasteiger partial charge in [-0.3, -0.25) is 9.98 Å². The van der Waals surface area contributed by atoms with Crippen LogP contribution in [-0.4, -0.2) is 24.9 Å². The predicted molar refractivity (Wildman–Crippen MR) is 116 cm³/mol. The number of amidine groups is 1. The van der Waals surface area contributed by atoms with Gasteiger partial charge in [-0.1, -0.05) is 36.4 Å². The van der Waals surface area contributed by atoms with Crippen molar-refractivity contribution in [2.24, 2.45) is 4.99 Å². The number of allylic oxidation sites excluding steroid dienone is 2. The summed E-state index contributed by atoms with van der Waals surface area (Å²) in [6, 6.07) is 14.1. The molecule has 142 valence electrons. The Labute approximate surface area is 168 Å². The number of fused-ring (bicyclic) bond motifs is 1. The van der Waals surface area contributed by atoms with Gasteiger partial charge >= 0.3 is 0 Å². The maximum absolute atomic E-state index is 14.2.